The summed E-state index contributed by atoms with van der Waals surface area (Å²) in [5, 5.41) is 9.98. The molecular weight excluding hydrogens is 280 g/mol. The molecule has 1 heteroatoms. The van der Waals surface area contributed by atoms with Gasteiger partial charge in [-0.1, -0.05) is 90.7 Å². The predicted molar refractivity (Wildman–Crippen MR) is 102 cm³/mol. The molecule has 1 aromatic rings. The van der Waals surface area contributed by atoms with E-state index in [2.05, 4.69) is 32.9 Å². The Morgan fingerprint density at radius 1 is 0.826 bits per heavy atom. The predicted octanol–water partition coefficient (Wildman–Crippen LogP) is 7.37. The standard InChI is InChI=1S/C22H38O/c1-4-6-7-8-9-10-11-12-13-14-15-20-16-17-22(23)21(18-20)19(3)5-2/h16-19,23H,4-15H2,1-3H3. The third kappa shape index (κ3) is 8.44. The lowest BCUT2D eigenvalue weighted by atomic mass is 9.94. The molecule has 0 aromatic heterocycles. The minimum absolute atomic E-state index is 0.447. The Labute approximate surface area is 144 Å². The number of aromatic hydroxyl groups is 1. The van der Waals surface area contributed by atoms with E-state index >= 15 is 0 Å². The van der Waals surface area contributed by atoms with Gasteiger partial charge in [-0.2, -0.15) is 0 Å². The number of rotatable bonds is 13. The van der Waals surface area contributed by atoms with E-state index < -0.39 is 0 Å². The van der Waals surface area contributed by atoms with Crippen LogP contribution in [0.4, 0.5) is 0 Å². The lowest BCUT2D eigenvalue weighted by molar-refractivity contribution is 0.461. The average molecular weight is 319 g/mol. The zero-order valence-electron chi connectivity index (χ0n) is 15.7. The Balaban J connectivity index is 2.14. The van der Waals surface area contributed by atoms with Gasteiger partial charge in [0.2, 0.25) is 0 Å². The molecule has 0 heterocycles. The molecule has 0 fully saturated rings. The molecule has 1 unspecified atom stereocenters. The second-order valence-corrected chi connectivity index (χ2v) is 7.13. The van der Waals surface area contributed by atoms with Gasteiger partial charge < -0.3 is 5.11 Å². The summed E-state index contributed by atoms with van der Waals surface area (Å²) in [6, 6.07) is 6.19. The highest BCUT2D eigenvalue weighted by Gasteiger charge is 2.09. The van der Waals surface area contributed by atoms with Crippen molar-refractivity contribution < 1.29 is 5.11 Å². The van der Waals surface area contributed by atoms with Crippen LogP contribution < -0.4 is 0 Å². The number of hydrogen-bond acceptors (Lipinski definition) is 1. The summed E-state index contributed by atoms with van der Waals surface area (Å²) in [6.07, 6.45) is 16.1. The molecule has 132 valence electrons. The largest absolute Gasteiger partial charge is 0.508 e. The molecule has 0 bridgehead atoms. The quantitative estimate of drug-likeness (QED) is 0.376. The minimum Gasteiger partial charge on any atom is -0.508 e. The number of phenolic OH excluding ortho intramolecular Hbond substituents is 1. The molecule has 1 rings (SSSR count). The van der Waals surface area contributed by atoms with E-state index in [1.807, 2.05) is 6.07 Å². The molecular formula is C22H38O. The van der Waals surface area contributed by atoms with Crippen molar-refractivity contribution in [2.75, 3.05) is 0 Å². The highest BCUT2D eigenvalue weighted by atomic mass is 16.3. The highest BCUT2D eigenvalue weighted by Crippen LogP contribution is 2.29. The third-order valence-electron chi connectivity index (χ3n) is 5.05. The van der Waals surface area contributed by atoms with Gasteiger partial charge in [0, 0.05) is 0 Å². The molecule has 0 aliphatic carbocycles. The summed E-state index contributed by atoms with van der Waals surface area (Å²) < 4.78 is 0. The van der Waals surface area contributed by atoms with Crippen molar-refractivity contribution >= 4 is 0 Å². The maximum Gasteiger partial charge on any atom is 0.119 e. The molecule has 0 radical (unpaired) electrons. The van der Waals surface area contributed by atoms with E-state index in [9.17, 15) is 5.11 Å². The maximum absolute atomic E-state index is 9.98. The Bertz CT molecular complexity index is 410. The van der Waals surface area contributed by atoms with Gasteiger partial charge in [-0.25, -0.2) is 0 Å². The van der Waals surface area contributed by atoms with Gasteiger partial charge in [0.25, 0.3) is 0 Å². The summed E-state index contributed by atoms with van der Waals surface area (Å²) in [7, 11) is 0. The number of hydrogen-bond donors (Lipinski definition) is 1. The van der Waals surface area contributed by atoms with Crippen molar-refractivity contribution in [3.8, 4) is 5.75 Å². The monoisotopic (exact) mass is 318 g/mol. The van der Waals surface area contributed by atoms with Crippen LogP contribution in [0.3, 0.4) is 0 Å². The molecule has 1 atom stereocenters. The normalized spacial score (nSPS) is 12.5. The smallest absolute Gasteiger partial charge is 0.119 e. The molecule has 1 aromatic carbocycles. The Kier molecular flexibility index (Phi) is 10.9. The fraction of sp³-hybridized carbons (Fsp3) is 0.727. The van der Waals surface area contributed by atoms with E-state index in [-0.39, 0.29) is 0 Å². The lowest BCUT2D eigenvalue weighted by Gasteiger charge is -2.13. The van der Waals surface area contributed by atoms with Crippen LogP contribution in [0, 0.1) is 0 Å². The van der Waals surface area contributed by atoms with Crippen molar-refractivity contribution in [1.29, 1.82) is 0 Å². The van der Waals surface area contributed by atoms with Gasteiger partial charge in [-0.15, -0.1) is 0 Å². The Morgan fingerprint density at radius 2 is 1.39 bits per heavy atom. The SMILES string of the molecule is CCCCCCCCCCCCc1ccc(O)c(C(C)CC)c1. The molecule has 1 nitrogen and oxygen atoms in total. The van der Waals surface area contributed by atoms with Crippen molar-refractivity contribution in [3.05, 3.63) is 29.3 Å². The summed E-state index contributed by atoms with van der Waals surface area (Å²) in [4.78, 5) is 0. The Morgan fingerprint density at radius 3 is 1.96 bits per heavy atom. The van der Waals surface area contributed by atoms with E-state index in [0.717, 1.165) is 18.4 Å². The van der Waals surface area contributed by atoms with Gasteiger partial charge in [-0.05, 0) is 42.4 Å². The van der Waals surface area contributed by atoms with Crippen molar-refractivity contribution in [3.63, 3.8) is 0 Å². The average Bonchev–Trinajstić information content (AvgIpc) is 2.57. The first-order chi connectivity index (χ1) is 11.2. The second-order valence-electron chi connectivity index (χ2n) is 7.13. The third-order valence-corrected chi connectivity index (χ3v) is 5.05. The van der Waals surface area contributed by atoms with Crippen molar-refractivity contribution in [2.24, 2.45) is 0 Å². The van der Waals surface area contributed by atoms with Crippen molar-refractivity contribution in [2.45, 2.75) is 104 Å². The van der Waals surface area contributed by atoms with Gasteiger partial charge in [-0.3, -0.25) is 0 Å². The van der Waals surface area contributed by atoms with Gasteiger partial charge in [0.1, 0.15) is 5.75 Å². The molecule has 0 saturated carbocycles. The maximum atomic E-state index is 9.98. The van der Waals surface area contributed by atoms with E-state index in [0.29, 0.717) is 11.7 Å². The summed E-state index contributed by atoms with van der Waals surface area (Å²) >= 11 is 0. The topological polar surface area (TPSA) is 20.2 Å². The Hall–Kier alpha value is -0.980. The molecule has 0 amide bonds. The lowest BCUT2D eigenvalue weighted by Crippen LogP contribution is -1.95. The number of unbranched alkanes of at least 4 members (excludes halogenated alkanes) is 9. The molecule has 23 heavy (non-hydrogen) atoms. The van der Waals surface area contributed by atoms with Gasteiger partial charge >= 0.3 is 0 Å². The van der Waals surface area contributed by atoms with Crippen LogP contribution in [0.25, 0.3) is 0 Å². The van der Waals surface area contributed by atoms with E-state index in [1.165, 1.54) is 69.8 Å². The van der Waals surface area contributed by atoms with Crippen LogP contribution in [-0.4, -0.2) is 5.11 Å². The highest BCUT2D eigenvalue weighted by molar-refractivity contribution is 5.38. The zero-order valence-corrected chi connectivity index (χ0v) is 15.7. The summed E-state index contributed by atoms with van der Waals surface area (Å²) in [5.41, 5.74) is 2.51. The van der Waals surface area contributed by atoms with Crippen LogP contribution in [0.2, 0.25) is 0 Å². The van der Waals surface area contributed by atoms with Crippen LogP contribution in [0.5, 0.6) is 5.75 Å². The van der Waals surface area contributed by atoms with Gasteiger partial charge in [0.15, 0.2) is 0 Å². The fourth-order valence-electron chi connectivity index (χ4n) is 3.19. The van der Waals surface area contributed by atoms with Crippen LogP contribution in [0.15, 0.2) is 18.2 Å². The molecule has 1 N–H and O–H groups in total. The summed E-state index contributed by atoms with van der Waals surface area (Å²) in [5.74, 6) is 0.911. The minimum atomic E-state index is 0.447. The summed E-state index contributed by atoms with van der Waals surface area (Å²) in [6.45, 7) is 6.65. The van der Waals surface area contributed by atoms with Gasteiger partial charge in [0.05, 0.1) is 0 Å². The van der Waals surface area contributed by atoms with Crippen LogP contribution in [-0.2, 0) is 6.42 Å². The van der Waals surface area contributed by atoms with E-state index in [1.54, 1.807) is 0 Å². The molecule has 0 saturated heterocycles. The van der Waals surface area contributed by atoms with E-state index in [4.69, 9.17) is 0 Å². The second kappa shape index (κ2) is 12.4. The van der Waals surface area contributed by atoms with Crippen LogP contribution in [0.1, 0.15) is 108 Å². The van der Waals surface area contributed by atoms with Crippen molar-refractivity contribution in [1.82, 2.24) is 0 Å². The molecule has 0 spiro atoms. The first-order valence-electron chi connectivity index (χ1n) is 10.0. The number of phenols is 1. The first kappa shape index (κ1) is 20.1. The first-order valence-corrected chi connectivity index (χ1v) is 10.0. The fourth-order valence-corrected chi connectivity index (χ4v) is 3.19. The number of benzene rings is 1. The number of aryl methyl sites for hydroxylation is 1. The van der Waals surface area contributed by atoms with Crippen LogP contribution >= 0.6 is 0 Å². The molecule has 0 aliphatic rings. The molecule has 0 aliphatic heterocycles. The zero-order chi connectivity index (χ0) is 16.9.